The van der Waals surface area contributed by atoms with Gasteiger partial charge in [-0.25, -0.2) is 4.39 Å². The van der Waals surface area contributed by atoms with Crippen molar-refractivity contribution in [3.63, 3.8) is 0 Å². The zero-order valence-electron chi connectivity index (χ0n) is 10.7. The highest BCUT2D eigenvalue weighted by atomic mass is 19.4. The fourth-order valence-electron chi connectivity index (χ4n) is 1.83. The Hall–Kier alpha value is -2.38. The highest BCUT2D eigenvalue weighted by molar-refractivity contribution is 5.76. The SMILES string of the molecule is Fc1cccc(-c2ccccc2OC(F)(F)F)c1OC(F)F. The molecule has 0 aliphatic carbocycles. The van der Waals surface area contributed by atoms with Gasteiger partial charge in [-0.15, -0.1) is 13.2 Å². The van der Waals surface area contributed by atoms with Crippen molar-refractivity contribution >= 4 is 0 Å². The van der Waals surface area contributed by atoms with Gasteiger partial charge in [-0.2, -0.15) is 8.78 Å². The molecule has 8 heteroatoms. The second-order valence-corrected chi connectivity index (χ2v) is 4.04. The molecule has 0 N–H and O–H groups in total. The predicted octanol–water partition coefficient (Wildman–Crippen LogP) is 4.99. The van der Waals surface area contributed by atoms with Crippen LogP contribution in [0.3, 0.4) is 0 Å². The van der Waals surface area contributed by atoms with Gasteiger partial charge in [0.1, 0.15) is 5.75 Å². The van der Waals surface area contributed by atoms with Crippen LogP contribution in [0.15, 0.2) is 42.5 Å². The van der Waals surface area contributed by atoms with Crippen molar-refractivity contribution in [2.24, 2.45) is 0 Å². The van der Waals surface area contributed by atoms with Crippen molar-refractivity contribution in [1.82, 2.24) is 0 Å². The Balaban J connectivity index is 2.55. The van der Waals surface area contributed by atoms with Gasteiger partial charge in [-0.3, -0.25) is 0 Å². The van der Waals surface area contributed by atoms with E-state index in [2.05, 4.69) is 9.47 Å². The lowest BCUT2D eigenvalue weighted by molar-refractivity contribution is -0.274. The monoisotopic (exact) mass is 322 g/mol. The van der Waals surface area contributed by atoms with Gasteiger partial charge in [0.05, 0.1) is 0 Å². The van der Waals surface area contributed by atoms with Crippen LogP contribution in [-0.2, 0) is 0 Å². The fraction of sp³-hybridized carbons (Fsp3) is 0.143. The Bertz CT molecular complexity index is 654. The van der Waals surface area contributed by atoms with E-state index in [0.29, 0.717) is 0 Å². The lowest BCUT2D eigenvalue weighted by Gasteiger charge is -2.16. The molecule has 2 nitrogen and oxygen atoms in total. The third-order valence-corrected chi connectivity index (χ3v) is 2.58. The summed E-state index contributed by atoms with van der Waals surface area (Å²) >= 11 is 0. The minimum atomic E-state index is -4.98. The van der Waals surface area contributed by atoms with E-state index in [1.807, 2.05) is 0 Å². The molecule has 2 aromatic rings. The van der Waals surface area contributed by atoms with Crippen molar-refractivity contribution < 1.29 is 35.8 Å². The van der Waals surface area contributed by atoms with E-state index in [9.17, 15) is 26.3 Å². The number of benzene rings is 2. The third kappa shape index (κ3) is 3.84. The molecule has 0 amide bonds. The lowest BCUT2D eigenvalue weighted by atomic mass is 10.0. The van der Waals surface area contributed by atoms with Crippen LogP contribution in [0, 0.1) is 5.82 Å². The molecule has 0 fully saturated rings. The Morgan fingerprint density at radius 1 is 0.864 bits per heavy atom. The number of hydrogen-bond acceptors (Lipinski definition) is 2. The second-order valence-electron chi connectivity index (χ2n) is 4.04. The molecule has 0 unspecified atom stereocenters. The molecule has 118 valence electrons. The van der Waals surface area contributed by atoms with Crippen LogP contribution in [0.5, 0.6) is 11.5 Å². The summed E-state index contributed by atoms with van der Waals surface area (Å²) in [5, 5.41) is 0. The van der Waals surface area contributed by atoms with E-state index in [1.165, 1.54) is 18.2 Å². The Morgan fingerprint density at radius 2 is 1.50 bits per heavy atom. The molecule has 0 aromatic heterocycles. The van der Waals surface area contributed by atoms with Gasteiger partial charge < -0.3 is 9.47 Å². The first-order valence-corrected chi connectivity index (χ1v) is 5.86. The van der Waals surface area contributed by atoms with Crippen LogP contribution < -0.4 is 9.47 Å². The number of alkyl halides is 5. The Labute approximate surface area is 120 Å². The summed E-state index contributed by atoms with van der Waals surface area (Å²) in [6.45, 7) is -3.33. The highest BCUT2D eigenvalue weighted by Gasteiger charge is 2.32. The Morgan fingerprint density at radius 3 is 2.14 bits per heavy atom. The third-order valence-electron chi connectivity index (χ3n) is 2.58. The van der Waals surface area contributed by atoms with Crippen molar-refractivity contribution in [1.29, 1.82) is 0 Å². The van der Waals surface area contributed by atoms with Gasteiger partial charge in [-0.1, -0.05) is 30.3 Å². The molecule has 22 heavy (non-hydrogen) atoms. The summed E-state index contributed by atoms with van der Waals surface area (Å²) in [6, 6.07) is 7.95. The van der Waals surface area contributed by atoms with E-state index >= 15 is 0 Å². The zero-order valence-corrected chi connectivity index (χ0v) is 10.7. The molecule has 0 aliphatic heterocycles. The summed E-state index contributed by atoms with van der Waals surface area (Å²) in [6.07, 6.45) is -4.98. The van der Waals surface area contributed by atoms with E-state index in [-0.39, 0.29) is 11.1 Å². The molecule has 0 radical (unpaired) electrons. The van der Waals surface area contributed by atoms with Crippen LogP contribution in [0.2, 0.25) is 0 Å². The molecule has 0 atom stereocenters. The van der Waals surface area contributed by atoms with Gasteiger partial charge in [0.15, 0.2) is 11.6 Å². The largest absolute Gasteiger partial charge is 0.573 e. The normalized spacial score (nSPS) is 11.6. The summed E-state index contributed by atoms with van der Waals surface area (Å²) in [7, 11) is 0. The van der Waals surface area contributed by atoms with E-state index in [4.69, 9.17) is 0 Å². The minimum Gasteiger partial charge on any atom is -0.431 e. The lowest BCUT2D eigenvalue weighted by Crippen LogP contribution is -2.17. The summed E-state index contributed by atoms with van der Waals surface area (Å²) in [5.74, 6) is -2.63. The zero-order chi connectivity index (χ0) is 16.3. The number of rotatable bonds is 4. The quantitative estimate of drug-likeness (QED) is 0.738. The maximum atomic E-state index is 13.6. The van der Waals surface area contributed by atoms with E-state index in [1.54, 1.807) is 0 Å². The maximum Gasteiger partial charge on any atom is 0.573 e. The molecular formula is C14H8F6O2. The Kier molecular flexibility index (Phi) is 4.48. The molecular weight excluding hydrogens is 314 g/mol. The fourth-order valence-corrected chi connectivity index (χ4v) is 1.83. The summed E-state index contributed by atoms with van der Waals surface area (Å²) < 4.78 is 83.4. The predicted molar refractivity (Wildman–Crippen MR) is 65.2 cm³/mol. The molecule has 2 rings (SSSR count). The van der Waals surface area contributed by atoms with Gasteiger partial charge in [0, 0.05) is 11.1 Å². The minimum absolute atomic E-state index is 0.227. The van der Waals surface area contributed by atoms with Crippen molar-refractivity contribution in [2.45, 2.75) is 13.0 Å². The molecule has 0 spiro atoms. The summed E-state index contributed by atoms with van der Waals surface area (Å²) in [5.41, 5.74) is -0.505. The van der Waals surface area contributed by atoms with E-state index < -0.39 is 30.3 Å². The van der Waals surface area contributed by atoms with Crippen LogP contribution in [0.4, 0.5) is 26.3 Å². The number of halogens is 6. The van der Waals surface area contributed by atoms with Gasteiger partial charge in [0.2, 0.25) is 0 Å². The number of para-hydroxylation sites is 2. The molecule has 0 heterocycles. The average Bonchev–Trinajstić information content (AvgIpc) is 2.40. The first-order valence-electron chi connectivity index (χ1n) is 5.86. The first kappa shape index (κ1) is 16.0. The van der Waals surface area contributed by atoms with Crippen LogP contribution in [0.1, 0.15) is 0 Å². The van der Waals surface area contributed by atoms with Crippen LogP contribution in [-0.4, -0.2) is 13.0 Å². The number of hydrogen-bond donors (Lipinski definition) is 0. The first-order chi connectivity index (χ1) is 10.3. The van der Waals surface area contributed by atoms with Crippen molar-refractivity contribution in [2.75, 3.05) is 0 Å². The smallest absolute Gasteiger partial charge is 0.431 e. The molecule has 0 aliphatic rings. The second kappa shape index (κ2) is 6.17. The van der Waals surface area contributed by atoms with Gasteiger partial charge in [0.25, 0.3) is 0 Å². The standard InChI is InChI=1S/C14H8F6O2/c15-10-6-3-5-9(12(10)21-13(16)17)8-4-1-2-7-11(8)22-14(18,19)20/h1-7,13H. The van der Waals surface area contributed by atoms with Crippen molar-refractivity contribution in [3.05, 3.63) is 48.3 Å². The van der Waals surface area contributed by atoms with Crippen LogP contribution in [0.25, 0.3) is 11.1 Å². The van der Waals surface area contributed by atoms with Gasteiger partial charge >= 0.3 is 13.0 Å². The summed E-state index contributed by atoms with van der Waals surface area (Å²) in [4.78, 5) is 0. The van der Waals surface area contributed by atoms with Crippen LogP contribution >= 0.6 is 0 Å². The molecule has 0 bridgehead atoms. The molecule has 0 saturated heterocycles. The van der Waals surface area contributed by atoms with Crippen molar-refractivity contribution in [3.8, 4) is 22.6 Å². The van der Waals surface area contributed by atoms with E-state index in [0.717, 1.165) is 24.3 Å². The maximum absolute atomic E-state index is 13.6. The average molecular weight is 322 g/mol. The van der Waals surface area contributed by atoms with Gasteiger partial charge in [-0.05, 0) is 12.1 Å². The topological polar surface area (TPSA) is 18.5 Å². The highest BCUT2D eigenvalue weighted by Crippen LogP contribution is 2.40. The number of ether oxygens (including phenoxy) is 2. The molecule has 2 aromatic carbocycles. The molecule has 0 saturated carbocycles.